The van der Waals surface area contributed by atoms with Gasteiger partial charge < -0.3 is 4.74 Å². The number of benzene rings is 1. The number of carbonyl (C=O) groups is 2. The highest BCUT2D eigenvalue weighted by molar-refractivity contribution is 5.94. The molecule has 1 heterocycles. The maximum Gasteiger partial charge on any atom is 0.302 e. The van der Waals surface area contributed by atoms with Gasteiger partial charge in [0.05, 0.1) is 0 Å². The van der Waals surface area contributed by atoms with E-state index in [2.05, 4.69) is 47.8 Å². The summed E-state index contributed by atoms with van der Waals surface area (Å²) in [6.45, 7) is 6.97. The highest BCUT2D eigenvalue weighted by Crippen LogP contribution is 2.67. The van der Waals surface area contributed by atoms with E-state index in [-0.39, 0.29) is 28.7 Å². The Morgan fingerprint density at radius 2 is 1.86 bits per heavy atom. The standard InChI is InChI=1S/C32H41N2O3/c1-22(35)37-25-13-15-31(2)24(19-25)9-10-26-27-11-12-30(32(27,3)16-14-28(26)31)34-18-17-33(21-34)20-29(36)23-7-5-4-6-8-23/h4-9,17-18,21,25-28,30H,10-16,19-20H2,1-3H3/q+1/t25-,26-,27-,28-,30-,31-,32-/m0/s1. The third kappa shape index (κ3) is 4.19. The summed E-state index contributed by atoms with van der Waals surface area (Å²) < 4.78 is 10.1. The molecule has 3 fully saturated rings. The zero-order chi connectivity index (χ0) is 25.8. The monoisotopic (exact) mass is 501 g/mol. The number of fused-ring (bicyclic) bond motifs is 5. The summed E-state index contributed by atoms with van der Waals surface area (Å²) in [4.78, 5) is 24.3. The minimum absolute atomic E-state index is 0.0623. The number of aromatic nitrogens is 2. The molecule has 0 bridgehead atoms. The van der Waals surface area contributed by atoms with E-state index in [1.54, 1.807) is 5.57 Å². The number of carbonyl (C=O) groups excluding carboxylic acids is 2. The summed E-state index contributed by atoms with van der Waals surface area (Å²) >= 11 is 0. The molecule has 6 rings (SSSR count). The lowest BCUT2D eigenvalue weighted by molar-refractivity contribution is -0.682. The number of imidazole rings is 1. The van der Waals surface area contributed by atoms with E-state index in [4.69, 9.17) is 4.74 Å². The molecule has 4 aliphatic carbocycles. The van der Waals surface area contributed by atoms with Gasteiger partial charge in [0.2, 0.25) is 12.1 Å². The molecule has 0 radical (unpaired) electrons. The van der Waals surface area contributed by atoms with Crippen molar-refractivity contribution in [1.29, 1.82) is 0 Å². The van der Waals surface area contributed by atoms with Crippen molar-refractivity contribution in [2.24, 2.45) is 28.6 Å². The van der Waals surface area contributed by atoms with Crippen LogP contribution < -0.4 is 4.57 Å². The first-order chi connectivity index (χ1) is 17.8. The Morgan fingerprint density at radius 3 is 2.65 bits per heavy atom. The van der Waals surface area contributed by atoms with Crippen molar-refractivity contribution < 1.29 is 18.9 Å². The van der Waals surface area contributed by atoms with Gasteiger partial charge in [-0.25, -0.2) is 9.13 Å². The first-order valence-corrected chi connectivity index (χ1v) is 14.3. The molecule has 5 heteroatoms. The number of hydrogen-bond acceptors (Lipinski definition) is 3. The smallest absolute Gasteiger partial charge is 0.302 e. The molecular weight excluding hydrogens is 460 g/mol. The fraction of sp³-hybridized carbons (Fsp3) is 0.594. The second kappa shape index (κ2) is 9.25. The van der Waals surface area contributed by atoms with Gasteiger partial charge in [-0.15, -0.1) is 0 Å². The van der Waals surface area contributed by atoms with E-state index < -0.39 is 0 Å². The third-order valence-electron chi connectivity index (χ3n) is 10.8. The molecule has 0 unspecified atom stereocenters. The third-order valence-corrected chi connectivity index (χ3v) is 10.8. The van der Waals surface area contributed by atoms with Crippen molar-refractivity contribution in [3.8, 4) is 0 Å². The fourth-order valence-electron chi connectivity index (χ4n) is 8.99. The van der Waals surface area contributed by atoms with Crippen LogP contribution in [0.25, 0.3) is 0 Å². The maximum absolute atomic E-state index is 12.8. The lowest BCUT2D eigenvalue weighted by Crippen LogP contribution is -2.50. The van der Waals surface area contributed by atoms with Crippen LogP contribution in [0.1, 0.15) is 88.5 Å². The van der Waals surface area contributed by atoms with Crippen LogP contribution in [0.4, 0.5) is 0 Å². The number of rotatable bonds is 5. The Morgan fingerprint density at radius 1 is 1.05 bits per heavy atom. The van der Waals surface area contributed by atoms with Crippen LogP contribution in [0, 0.1) is 28.6 Å². The van der Waals surface area contributed by atoms with E-state index in [1.165, 1.54) is 39.0 Å². The molecule has 5 nitrogen and oxygen atoms in total. The molecular formula is C32H41N2O3+. The number of ether oxygens (including phenoxy) is 1. The summed E-state index contributed by atoms with van der Waals surface area (Å²) in [6, 6.07) is 10.1. The van der Waals surface area contributed by atoms with Gasteiger partial charge in [-0.1, -0.05) is 55.8 Å². The summed E-state index contributed by atoms with van der Waals surface area (Å²) in [7, 11) is 0. The predicted octanol–water partition coefficient (Wildman–Crippen LogP) is 6.09. The summed E-state index contributed by atoms with van der Waals surface area (Å²) in [5.41, 5.74) is 2.87. The topological polar surface area (TPSA) is 52.2 Å². The van der Waals surface area contributed by atoms with Crippen molar-refractivity contribution in [3.63, 3.8) is 0 Å². The molecule has 3 saturated carbocycles. The molecule has 4 aliphatic rings. The van der Waals surface area contributed by atoms with E-state index in [9.17, 15) is 9.59 Å². The Labute approximate surface area is 220 Å². The Kier molecular flexibility index (Phi) is 6.16. The number of hydrogen-bond donors (Lipinski definition) is 0. The summed E-state index contributed by atoms with van der Waals surface area (Å²) in [6.07, 6.45) is 18.3. The lowest BCUT2D eigenvalue weighted by atomic mass is 9.48. The second-order valence-electron chi connectivity index (χ2n) is 12.7. The van der Waals surface area contributed by atoms with E-state index in [1.807, 2.05) is 30.3 Å². The van der Waals surface area contributed by atoms with E-state index in [0.717, 1.165) is 42.6 Å². The van der Waals surface area contributed by atoms with Crippen LogP contribution in [-0.4, -0.2) is 22.4 Å². The van der Waals surface area contributed by atoms with Crippen LogP contribution in [0.2, 0.25) is 0 Å². The SMILES string of the molecule is CC(=O)O[C@H]1CC[C@@]2(C)C(=CC[C@H]3[C@@H]4CC[C@H](n5cc[n+](CC(=O)c6ccccc6)c5)[C@@]4(C)CC[C@@H]32)C1. The van der Waals surface area contributed by atoms with Crippen molar-refractivity contribution in [3.05, 3.63) is 66.3 Å². The average Bonchev–Trinajstić information content (AvgIpc) is 3.48. The van der Waals surface area contributed by atoms with Gasteiger partial charge in [0.1, 0.15) is 24.5 Å². The molecule has 37 heavy (non-hydrogen) atoms. The van der Waals surface area contributed by atoms with Crippen LogP contribution in [0.5, 0.6) is 0 Å². The van der Waals surface area contributed by atoms with Crippen LogP contribution in [-0.2, 0) is 16.1 Å². The molecule has 0 amide bonds. The molecule has 0 N–H and O–H groups in total. The van der Waals surface area contributed by atoms with Crippen molar-refractivity contribution in [2.75, 3.05) is 0 Å². The molecule has 7 atom stereocenters. The molecule has 196 valence electrons. The van der Waals surface area contributed by atoms with Crippen molar-refractivity contribution in [2.45, 2.75) is 90.8 Å². The minimum atomic E-state index is -0.149. The highest BCUT2D eigenvalue weighted by atomic mass is 16.5. The van der Waals surface area contributed by atoms with Gasteiger partial charge >= 0.3 is 5.97 Å². The second-order valence-corrected chi connectivity index (χ2v) is 12.7. The first-order valence-electron chi connectivity index (χ1n) is 14.3. The molecule has 0 aliphatic heterocycles. The van der Waals surface area contributed by atoms with Gasteiger partial charge in [-0.05, 0) is 68.1 Å². The van der Waals surface area contributed by atoms with Crippen LogP contribution in [0.15, 0.2) is 60.7 Å². The number of esters is 1. The van der Waals surface area contributed by atoms with Crippen LogP contribution >= 0.6 is 0 Å². The summed E-state index contributed by atoms with van der Waals surface area (Å²) in [5, 5.41) is 0. The lowest BCUT2D eigenvalue weighted by Gasteiger charge is -2.57. The molecule has 0 saturated heterocycles. The molecule has 0 spiro atoms. The molecule has 2 aromatic rings. The van der Waals surface area contributed by atoms with Gasteiger partial charge in [0.15, 0.2) is 6.54 Å². The number of Topliss-reactive ketones (excluding diaryl/α,β-unsaturated/α-hetero) is 1. The first kappa shape index (κ1) is 24.6. The van der Waals surface area contributed by atoms with Crippen molar-refractivity contribution >= 4 is 11.8 Å². The van der Waals surface area contributed by atoms with Gasteiger partial charge in [0.25, 0.3) is 0 Å². The number of allylic oxidation sites excluding steroid dienone is 1. The molecule has 1 aromatic carbocycles. The number of ketones is 1. The van der Waals surface area contributed by atoms with Gasteiger partial charge in [-0.3, -0.25) is 9.59 Å². The largest absolute Gasteiger partial charge is 0.462 e. The Hall–Kier alpha value is -2.69. The molecule has 1 aromatic heterocycles. The maximum atomic E-state index is 12.8. The fourth-order valence-corrected chi connectivity index (χ4v) is 8.99. The summed E-state index contributed by atoms with van der Waals surface area (Å²) in [5.74, 6) is 2.22. The quantitative estimate of drug-likeness (QED) is 0.215. The van der Waals surface area contributed by atoms with E-state index in [0.29, 0.717) is 12.6 Å². The van der Waals surface area contributed by atoms with Crippen molar-refractivity contribution in [1.82, 2.24) is 4.57 Å². The number of nitrogens with zero attached hydrogens (tertiary/aromatic N) is 2. The predicted molar refractivity (Wildman–Crippen MR) is 142 cm³/mol. The van der Waals surface area contributed by atoms with Gasteiger partial charge in [-0.2, -0.15) is 0 Å². The average molecular weight is 502 g/mol. The van der Waals surface area contributed by atoms with Crippen LogP contribution in [0.3, 0.4) is 0 Å². The van der Waals surface area contributed by atoms with E-state index >= 15 is 0 Å². The Balaban J connectivity index is 1.18. The highest BCUT2D eigenvalue weighted by Gasteiger charge is 2.60. The zero-order valence-corrected chi connectivity index (χ0v) is 22.6. The Bertz CT molecular complexity index is 1220. The minimum Gasteiger partial charge on any atom is -0.462 e. The zero-order valence-electron chi connectivity index (χ0n) is 22.6. The van der Waals surface area contributed by atoms with Gasteiger partial charge in [0, 0.05) is 24.3 Å². The normalized spacial score (nSPS) is 36.6.